The molecule has 4 aromatic carbocycles. The second kappa shape index (κ2) is 21.2. The van der Waals surface area contributed by atoms with Gasteiger partial charge in [0.2, 0.25) is 22.9 Å². The Bertz CT molecular complexity index is 2390. The highest BCUT2D eigenvalue weighted by Crippen LogP contribution is 2.51. The molecule has 3 amide bonds. The number of benzene rings is 4. The van der Waals surface area contributed by atoms with Gasteiger partial charge in [-0.1, -0.05) is 121 Å². The molecule has 15 nitrogen and oxygen atoms in total. The van der Waals surface area contributed by atoms with E-state index in [1.54, 1.807) is 13.8 Å². The Kier molecular flexibility index (Phi) is 15.6. The largest absolute Gasteiger partial charge is 0.463 e. The number of fused-ring (bicyclic) bond motifs is 2. The molecule has 0 saturated carbocycles. The number of nitrogens with two attached hydrogens (primary N) is 1. The number of rotatable bonds is 15. The zero-order chi connectivity index (χ0) is 48.0. The highest BCUT2D eigenvalue weighted by Gasteiger charge is 2.66. The van der Waals surface area contributed by atoms with Gasteiger partial charge >= 0.3 is 17.9 Å². The number of alkyl halides is 1. The Hall–Kier alpha value is -5.56. The Balaban J connectivity index is 0.000000200. The van der Waals surface area contributed by atoms with Crippen molar-refractivity contribution in [2.24, 2.45) is 5.73 Å². The minimum atomic E-state index is -1.30. The van der Waals surface area contributed by atoms with Crippen molar-refractivity contribution in [2.75, 3.05) is 18.2 Å². The second-order valence-electron chi connectivity index (χ2n) is 16.4. The summed E-state index contributed by atoms with van der Waals surface area (Å²) < 4.78 is 16.4. The number of esters is 3. The topological polar surface area (TPSA) is 193 Å². The van der Waals surface area contributed by atoms with E-state index < -0.39 is 75.9 Å². The second-order valence-corrected chi connectivity index (χ2v) is 19.9. The molecule has 0 bridgehead atoms. The number of β-lactam (4-membered cyclic amide) rings is 2. The van der Waals surface area contributed by atoms with E-state index in [-0.39, 0.29) is 40.6 Å². The minimum absolute atomic E-state index is 0.0999. The van der Waals surface area contributed by atoms with Gasteiger partial charge in [-0.2, -0.15) is 4.89 Å². The summed E-state index contributed by atoms with van der Waals surface area (Å²) in [4.78, 5) is 89.5. The van der Waals surface area contributed by atoms with Gasteiger partial charge in [0.1, 0.15) is 41.4 Å². The van der Waals surface area contributed by atoms with Crippen molar-refractivity contribution in [1.29, 1.82) is 0 Å². The summed E-state index contributed by atoms with van der Waals surface area (Å²) in [6.07, 6.45) is -1.37. The van der Waals surface area contributed by atoms with Gasteiger partial charge in [-0.05, 0) is 54.3 Å². The summed E-state index contributed by atoms with van der Waals surface area (Å²) >= 11 is 14.0. The van der Waals surface area contributed by atoms with Crippen LogP contribution >= 0.6 is 46.7 Å². The van der Waals surface area contributed by atoms with E-state index in [0.717, 1.165) is 22.3 Å². The number of hydrogen-bond donors (Lipinski definition) is 2. The third-order valence-electron chi connectivity index (χ3n) is 11.5. The lowest BCUT2D eigenvalue weighted by Crippen LogP contribution is -2.79. The van der Waals surface area contributed by atoms with Crippen molar-refractivity contribution in [1.82, 2.24) is 15.1 Å². The first-order chi connectivity index (χ1) is 32.1. The molecule has 0 aliphatic carbocycles. The van der Waals surface area contributed by atoms with Crippen LogP contribution in [0.1, 0.15) is 55.2 Å². The molecule has 3 unspecified atom stereocenters. The van der Waals surface area contributed by atoms with Crippen LogP contribution < -0.4 is 11.1 Å². The van der Waals surface area contributed by atoms with E-state index in [9.17, 15) is 28.8 Å². The van der Waals surface area contributed by atoms with Gasteiger partial charge in [0, 0.05) is 12.7 Å². The van der Waals surface area contributed by atoms with Crippen LogP contribution in [0.2, 0.25) is 0 Å². The lowest BCUT2D eigenvalue weighted by atomic mass is 9.91. The summed E-state index contributed by atoms with van der Waals surface area (Å²) in [5.41, 5.74) is 7.81. The zero-order valence-electron chi connectivity index (χ0n) is 36.5. The van der Waals surface area contributed by atoms with E-state index in [2.05, 4.69) is 11.9 Å². The number of hydrogen-bond acceptors (Lipinski definition) is 14. The van der Waals surface area contributed by atoms with Gasteiger partial charge in [-0.15, -0.1) is 35.1 Å². The average Bonchev–Trinajstić information content (AvgIpc) is 3.63. The number of carbonyl (C=O) groups is 6. The predicted octanol–water partition coefficient (Wildman–Crippen LogP) is 6.00. The maximum atomic E-state index is 13.8. The standard InChI is InChI=1S/C25H25ClN2O6S.C23H23ClN2O5S/c1-15(26)33-34-25(3)14-35-23-19(27-16(2)29)22(30)28(23)21(25)24(31)32-20(17-10-6-4-7-11-17)18-12-8-5-9-13-18;1-23(13-30-16(27)12-24)19(26-20(28)17(25)21(26)32-23)22(29)31-18(14-8-4-2-5-9-14)15-10-6-3-7-11-15/h4-13,19-21,23H,1,14H2,2-3H3,(H,27,29);2-11,17-19,21H,12-13,25H2,1H3/t19-,21+,23?,25?;17-,19+,21?,23+/m11/s1. The maximum absolute atomic E-state index is 13.8. The van der Waals surface area contributed by atoms with Crippen LogP contribution in [0.25, 0.3) is 0 Å². The maximum Gasteiger partial charge on any atom is 0.333 e. The molecule has 0 spiro atoms. The zero-order valence-corrected chi connectivity index (χ0v) is 39.7. The van der Waals surface area contributed by atoms with Crippen LogP contribution in [-0.4, -0.2) is 109 Å². The Morgan fingerprint density at radius 3 is 1.64 bits per heavy atom. The van der Waals surface area contributed by atoms with Gasteiger partial charge in [0.15, 0.2) is 23.9 Å². The lowest BCUT2D eigenvalue weighted by Gasteiger charge is -2.56. The highest BCUT2D eigenvalue weighted by molar-refractivity contribution is 8.01. The number of thioether (sulfide) groups is 2. The van der Waals surface area contributed by atoms with E-state index in [4.69, 9.17) is 52.9 Å². The van der Waals surface area contributed by atoms with Crippen molar-refractivity contribution >= 4 is 82.4 Å². The van der Waals surface area contributed by atoms with Crippen LogP contribution in [-0.2, 0) is 52.8 Å². The lowest BCUT2D eigenvalue weighted by molar-refractivity contribution is -0.332. The van der Waals surface area contributed by atoms with Crippen LogP contribution in [0.5, 0.6) is 0 Å². The van der Waals surface area contributed by atoms with Gasteiger partial charge in [0.25, 0.3) is 0 Å². The molecule has 4 fully saturated rings. The summed E-state index contributed by atoms with van der Waals surface area (Å²) in [5.74, 6) is -2.95. The van der Waals surface area contributed by atoms with Gasteiger partial charge < -0.3 is 39.9 Å². The number of ether oxygens (including phenoxy) is 3. The van der Waals surface area contributed by atoms with Crippen molar-refractivity contribution < 1.29 is 52.8 Å². The van der Waals surface area contributed by atoms with E-state index in [1.807, 2.05) is 121 Å². The summed E-state index contributed by atoms with van der Waals surface area (Å²) in [6, 6.07) is 33.8. The van der Waals surface area contributed by atoms with Crippen molar-refractivity contribution in [2.45, 2.75) is 78.2 Å². The van der Waals surface area contributed by atoms with Crippen molar-refractivity contribution in [3.8, 4) is 0 Å². The molecule has 0 aromatic heterocycles. The molecular weight excluding hydrogens is 944 g/mol. The molecule has 352 valence electrons. The fourth-order valence-corrected chi connectivity index (χ4v) is 11.5. The third-order valence-corrected chi connectivity index (χ3v) is 15.0. The molecule has 3 N–H and O–H groups in total. The molecule has 19 heteroatoms. The van der Waals surface area contributed by atoms with Crippen LogP contribution in [0.15, 0.2) is 133 Å². The monoisotopic (exact) mass is 990 g/mol. The fraction of sp³-hybridized carbons (Fsp3) is 0.333. The number of nitrogens with one attached hydrogen (secondary N) is 1. The number of amides is 3. The first kappa shape index (κ1) is 49.3. The molecule has 0 radical (unpaired) electrons. The molecular formula is C48H48Cl2N4O11S2. The van der Waals surface area contributed by atoms with E-state index in [0.29, 0.717) is 0 Å². The normalized spacial score (nSPS) is 25.9. The average molecular weight is 992 g/mol. The molecule has 4 aliphatic heterocycles. The van der Waals surface area contributed by atoms with Crippen LogP contribution in [0, 0.1) is 0 Å². The van der Waals surface area contributed by atoms with Gasteiger partial charge in [0.05, 0.1) is 4.75 Å². The molecule has 4 saturated heterocycles. The summed E-state index contributed by atoms with van der Waals surface area (Å²) in [5, 5.41) is 1.59. The Morgan fingerprint density at radius 1 is 0.761 bits per heavy atom. The van der Waals surface area contributed by atoms with E-state index in [1.165, 1.54) is 40.2 Å². The highest BCUT2D eigenvalue weighted by atomic mass is 35.5. The van der Waals surface area contributed by atoms with Gasteiger partial charge in [-0.25, -0.2) is 9.59 Å². The van der Waals surface area contributed by atoms with E-state index >= 15 is 0 Å². The Morgan fingerprint density at radius 2 is 1.21 bits per heavy atom. The van der Waals surface area contributed by atoms with Crippen LogP contribution in [0.4, 0.5) is 0 Å². The third kappa shape index (κ3) is 10.6. The Labute approximate surface area is 405 Å². The molecule has 4 heterocycles. The smallest absolute Gasteiger partial charge is 0.333 e. The van der Waals surface area contributed by atoms with Gasteiger partial charge in [-0.3, -0.25) is 19.2 Å². The molecule has 4 aromatic rings. The fourth-order valence-electron chi connectivity index (χ4n) is 8.30. The molecule has 8 rings (SSSR count). The molecule has 8 atom stereocenters. The number of nitrogens with zero attached hydrogens (tertiary/aromatic N) is 2. The van der Waals surface area contributed by atoms with Crippen molar-refractivity contribution in [3.63, 3.8) is 0 Å². The van der Waals surface area contributed by atoms with Crippen LogP contribution in [0.3, 0.4) is 0 Å². The number of halogens is 2. The van der Waals surface area contributed by atoms with Crippen molar-refractivity contribution in [3.05, 3.63) is 155 Å². The minimum Gasteiger partial charge on any atom is -0.463 e. The first-order valence-corrected chi connectivity index (χ1v) is 23.9. The predicted molar refractivity (Wildman–Crippen MR) is 252 cm³/mol. The molecule has 67 heavy (non-hydrogen) atoms. The quantitative estimate of drug-likeness (QED) is 0.0268. The summed E-state index contributed by atoms with van der Waals surface area (Å²) in [7, 11) is 0. The first-order valence-electron chi connectivity index (χ1n) is 21.1. The number of carbonyl (C=O) groups excluding carboxylic acids is 6. The molecule has 4 aliphatic rings. The SMILES string of the molecule is C=C(Cl)OOC1(C)CSC2[C@H](NC(C)=O)C(=O)N2[C@H]1C(=O)OC(c1ccccc1)c1ccccc1.C[C@@]1(COC(=O)CCl)SC2[C@H](N)C(=O)N2[C@H]1C(=O)OC(c1ccccc1)c1ccccc1. The summed E-state index contributed by atoms with van der Waals surface area (Å²) in [6.45, 7) is 8.09.